The Balaban J connectivity index is 1.21. The number of ether oxygens (including phenoxy) is 1. The van der Waals surface area contributed by atoms with Gasteiger partial charge in [-0.1, -0.05) is 59.4 Å². The molecule has 2 aromatic rings. The smallest absolute Gasteiger partial charge is 0.289 e. The van der Waals surface area contributed by atoms with Crippen LogP contribution in [0, 0.1) is 17.2 Å². The van der Waals surface area contributed by atoms with Gasteiger partial charge in [-0.15, -0.1) is 0 Å². The van der Waals surface area contributed by atoms with E-state index >= 15 is 4.79 Å². The van der Waals surface area contributed by atoms with Crippen molar-refractivity contribution in [3.63, 3.8) is 0 Å². The number of carbonyl (C=O) groups excluding carboxylic acids is 7. The summed E-state index contributed by atoms with van der Waals surface area (Å²) in [6.45, 7) is 9.39. The van der Waals surface area contributed by atoms with E-state index in [1.54, 1.807) is 31.7 Å². The SMILES string of the molecule is CCCC(NC(=O)[C@@H]1CC2(CN1C(=O)[C@@H](NC(=O)[C@@H](NC(=O)c1cnccn1)C1CCCCC1)C(C)(C)C)N(CC)C(=O)[C@@H]1C[C@H](Oc3cccc(F)c3)CN12)C(=O)C(=O)NC1CC1. The summed E-state index contributed by atoms with van der Waals surface area (Å²) in [5, 5.41) is 11.4. The third-order valence-corrected chi connectivity index (χ3v) is 13.4. The molecule has 17 nitrogen and oxygen atoms in total. The molecule has 3 saturated heterocycles. The number of amides is 6. The average molecular weight is 888 g/mol. The second-order valence-electron chi connectivity index (χ2n) is 19.1. The molecule has 4 heterocycles. The number of aromatic nitrogens is 2. The molecule has 1 spiro atoms. The van der Waals surface area contributed by atoms with Gasteiger partial charge >= 0.3 is 0 Å². The lowest BCUT2D eigenvalue weighted by Crippen LogP contribution is -2.62. The first-order valence-electron chi connectivity index (χ1n) is 22.9. The Labute approximate surface area is 373 Å². The summed E-state index contributed by atoms with van der Waals surface area (Å²) in [7, 11) is 0. The van der Waals surface area contributed by atoms with Crippen molar-refractivity contribution >= 4 is 41.2 Å². The van der Waals surface area contributed by atoms with Crippen LogP contribution < -0.4 is 26.0 Å². The zero-order valence-electron chi connectivity index (χ0n) is 37.4. The zero-order chi connectivity index (χ0) is 45.9. The van der Waals surface area contributed by atoms with Crippen molar-refractivity contribution in [3.05, 3.63) is 54.4 Å². The Bertz CT molecular complexity index is 2090. The number of carbonyl (C=O) groups is 7. The molecule has 5 aliphatic rings. The summed E-state index contributed by atoms with van der Waals surface area (Å²) < 4.78 is 20.4. The minimum Gasteiger partial charge on any atom is -0.489 e. The minimum absolute atomic E-state index is 0.0380. The van der Waals surface area contributed by atoms with Crippen LogP contribution in [0.25, 0.3) is 0 Å². The number of nitrogens with one attached hydrogen (secondary N) is 4. The maximum absolute atomic E-state index is 15.4. The summed E-state index contributed by atoms with van der Waals surface area (Å²) in [6.07, 6.45) is 10.1. The van der Waals surface area contributed by atoms with E-state index in [9.17, 15) is 33.2 Å². The second kappa shape index (κ2) is 19.3. The maximum Gasteiger partial charge on any atom is 0.289 e. The lowest BCUT2D eigenvalue weighted by atomic mass is 9.82. The summed E-state index contributed by atoms with van der Waals surface area (Å²) in [4.78, 5) is 112. The van der Waals surface area contributed by atoms with Crippen LogP contribution in [0.5, 0.6) is 5.75 Å². The van der Waals surface area contributed by atoms with Gasteiger partial charge in [-0.2, -0.15) is 0 Å². The molecule has 1 aromatic carbocycles. The van der Waals surface area contributed by atoms with Crippen molar-refractivity contribution in [3.8, 4) is 5.75 Å². The lowest BCUT2D eigenvalue weighted by molar-refractivity contribution is -0.145. The summed E-state index contributed by atoms with van der Waals surface area (Å²) in [5.74, 6) is -4.57. The molecule has 4 N–H and O–H groups in total. The molecule has 3 aliphatic heterocycles. The molecule has 7 atom stereocenters. The highest BCUT2D eigenvalue weighted by molar-refractivity contribution is 6.38. The molecule has 2 unspecified atom stereocenters. The number of nitrogens with zero attached hydrogens (tertiary/aromatic N) is 5. The van der Waals surface area contributed by atoms with E-state index in [1.165, 1.54) is 41.7 Å². The van der Waals surface area contributed by atoms with E-state index in [1.807, 2.05) is 18.7 Å². The molecule has 5 fully saturated rings. The van der Waals surface area contributed by atoms with Crippen LogP contribution >= 0.6 is 0 Å². The summed E-state index contributed by atoms with van der Waals surface area (Å²) in [5.41, 5.74) is -2.10. The van der Waals surface area contributed by atoms with Crippen molar-refractivity contribution in [1.29, 1.82) is 0 Å². The highest BCUT2D eigenvalue weighted by atomic mass is 19.1. The molecular formula is C46H62FN9O8. The Morgan fingerprint density at radius 3 is 2.38 bits per heavy atom. The van der Waals surface area contributed by atoms with Crippen LogP contribution in [-0.4, -0.2) is 134 Å². The molecule has 64 heavy (non-hydrogen) atoms. The molecule has 6 amide bonds. The van der Waals surface area contributed by atoms with Gasteiger partial charge in [-0.05, 0) is 62.5 Å². The van der Waals surface area contributed by atoms with Gasteiger partial charge in [0.05, 0.1) is 24.8 Å². The van der Waals surface area contributed by atoms with Crippen LogP contribution in [0.2, 0.25) is 0 Å². The largest absolute Gasteiger partial charge is 0.489 e. The van der Waals surface area contributed by atoms with E-state index in [-0.39, 0.29) is 62.5 Å². The number of halogens is 1. The fourth-order valence-corrected chi connectivity index (χ4v) is 10.0. The van der Waals surface area contributed by atoms with E-state index in [0.29, 0.717) is 25.0 Å². The number of hydrogen-bond acceptors (Lipinski definition) is 11. The zero-order valence-corrected chi connectivity index (χ0v) is 37.4. The maximum atomic E-state index is 15.4. The molecular weight excluding hydrogens is 826 g/mol. The van der Waals surface area contributed by atoms with E-state index < -0.39 is 88.5 Å². The molecule has 7 rings (SSSR count). The van der Waals surface area contributed by atoms with Gasteiger partial charge in [0.25, 0.3) is 11.8 Å². The molecule has 2 aliphatic carbocycles. The number of ketones is 1. The predicted octanol–water partition coefficient (Wildman–Crippen LogP) is 2.64. The summed E-state index contributed by atoms with van der Waals surface area (Å²) in [6, 6.07) is 0.353. The topological polar surface area (TPSA) is 212 Å². The van der Waals surface area contributed by atoms with Crippen LogP contribution in [-0.2, 0) is 28.8 Å². The number of hydrogen-bond donors (Lipinski definition) is 4. The highest BCUT2D eigenvalue weighted by Gasteiger charge is 2.66. The fraction of sp³-hybridized carbons (Fsp3) is 0.630. The standard InChI is InChI=1S/C46H62FN9O8/c1-6-12-32(37(57)42(61)50-29-17-18-29)51-40(59)35-23-46(55(7-2)43(62)34-22-31(25-56(34)46)64-30-16-11-15-28(47)21-30)26-54(35)44(63)38(45(3,4)5)53-41(60)36(27-13-9-8-10-14-27)52-39(58)33-24-48-19-20-49-33/h11,15-16,19-21,24,27,29,31-32,34-36,38H,6-10,12-14,17-18,22-23,25-26H2,1-5H3,(H,50,61)(H,51,59)(H,52,58)(H,53,60)/t31-,32?,34-,35-,36-,38+,46?/m0/s1. The van der Waals surface area contributed by atoms with Gasteiger partial charge in [0.15, 0.2) is 0 Å². The van der Waals surface area contributed by atoms with Gasteiger partial charge in [0, 0.05) is 50.4 Å². The number of benzene rings is 1. The van der Waals surface area contributed by atoms with Crippen molar-refractivity contribution in [2.75, 3.05) is 19.6 Å². The fourth-order valence-electron chi connectivity index (χ4n) is 10.0. The molecule has 2 saturated carbocycles. The number of likely N-dealkylation sites (tertiary alicyclic amines) is 1. The van der Waals surface area contributed by atoms with Crippen LogP contribution in [0.15, 0.2) is 42.9 Å². The van der Waals surface area contributed by atoms with E-state index in [0.717, 1.165) is 32.1 Å². The Kier molecular flexibility index (Phi) is 14.0. The summed E-state index contributed by atoms with van der Waals surface area (Å²) >= 11 is 0. The first-order chi connectivity index (χ1) is 30.5. The van der Waals surface area contributed by atoms with Gasteiger partial charge in [-0.25, -0.2) is 9.37 Å². The number of rotatable bonds is 16. The van der Waals surface area contributed by atoms with Gasteiger partial charge in [-0.3, -0.25) is 43.4 Å². The molecule has 0 bridgehead atoms. The van der Waals surface area contributed by atoms with Gasteiger partial charge < -0.3 is 35.8 Å². The highest BCUT2D eigenvalue weighted by Crippen LogP contribution is 2.47. The van der Waals surface area contributed by atoms with Crippen molar-refractivity contribution in [1.82, 2.24) is 45.9 Å². The van der Waals surface area contributed by atoms with Gasteiger partial charge in [0.1, 0.15) is 47.2 Å². The van der Waals surface area contributed by atoms with Crippen molar-refractivity contribution in [2.45, 2.75) is 153 Å². The first-order valence-corrected chi connectivity index (χ1v) is 22.9. The van der Waals surface area contributed by atoms with Crippen molar-refractivity contribution < 1.29 is 42.7 Å². The molecule has 346 valence electrons. The minimum atomic E-state index is -1.25. The Morgan fingerprint density at radius 1 is 0.984 bits per heavy atom. The van der Waals surface area contributed by atoms with Crippen LogP contribution in [0.1, 0.15) is 116 Å². The van der Waals surface area contributed by atoms with Gasteiger partial charge in [0.2, 0.25) is 29.4 Å². The molecule has 18 heteroatoms. The van der Waals surface area contributed by atoms with E-state index in [2.05, 4.69) is 31.2 Å². The third-order valence-electron chi connectivity index (χ3n) is 13.4. The normalized spacial score (nSPS) is 25.0. The predicted molar refractivity (Wildman–Crippen MR) is 230 cm³/mol. The first kappa shape index (κ1) is 46.5. The van der Waals surface area contributed by atoms with Crippen LogP contribution in [0.4, 0.5) is 4.39 Å². The quantitative estimate of drug-likeness (QED) is 0.180. The average Bonchev–Trinajstić information content (AvgIpc) is 3.77. The Hall–Kier alpha value is -5.52. The molecule has 0 radical (unpaired) electrons. The molecule has 1 aromatic heterocycles. The number of fused-ring (bicyclic) bond motifs is 2. The Morgan fingerprint density at radius 2 is 1.73 bits per heavy atom. The van der Waals surface area contributed by atoms with Crippen molar-refractivity contribution in [2.24, 2.45) is 11.3 Å². The van der Waals surface area contributed by atoms with Crippen LogP contribution in [0.3, 0.4) is 0 Å². The second-order valence-corrected chi connectivity index (χ2v) is 19.1. The number of Topliss-reactive ketones (excluding diaryl/α,β-unsaturated/α-hetero) is 1. The third kappa shape index (κ3) is 9.91. The lowest BCUT2D eigenvalue weighted by Gasteiger charge is -2.41. The number of likely N-dealkylation sites (N-methyl/N-ethyl adjacent to an activating group) is 1. The van der Waals surface area contributed by atoms with E-state index in [4.69, 9.17) is 4.74 Å². The monoisotopic (exact) mass is 887 g/mol.